The Balaban J connectivity index is 2.27. The van der Waals surface area contributed by atoms with E-state index >= 15 is 0 Å². The highest BCUT2D eigenvalue weighted by molar-refractivity contribution is 5.70. The number of hydrogen-bond donors (Lipinski definition) is 0. The van der Waals surface area contributed by atoms with E-state index in [0.717, 1.165) is 32.1 Å². The molecule has 1 heterocycles. The Hall–Kier alpha value is -0.610. The lowest BCUT2D eigenvalue weighted by Gasteiger charge is -2.38. The van der Waals surface area contributed by atoms with Crippen molar-refractivity contribution in [2.45, 2.75) is 40.2 Å². The third kappa shape index (κ3) is 5.36. The molecule has 0 spiro atoms. The fourth-order valence-electron chi connectivity index (χ4n) is 2.49. The second-order valence-electron chi connectivity index (χ2n) is 5.59. The quantitative estimate of drug-likeness (QED) is 0.676. The Morgan fingerprint density at radius 1 is 1.17 bits per heavy atom. The van der Waals surface area contributed by atoms with Gasteiger partial charge < -0.3 is 9.64 Å². The molecule has 1 rings (SSSR count). The summed E-state index contributed by atoms with van der Waals surface area (Å²) in [7, 11) is 0. The van der Waals surface area contributed by atoms with Crippen molar-refractivity contribution in [2.75, 3.05) is 39.3 Å². The van der Waals surface area contributed by atoms with E-state index in [1.165, 1.54) is 6.54 Å². The van der Waals surface area contributed by atoms with Crippen molar-refractivity contribution >= 4 is 5.97 Å². The molecular weight excluding hydrogens is 228 g/mol. The van der Waals surface area contributed by atoms with E-state index in [-0.39, 0.29) is 5.97 Å². The van der Waals surface area contributed by atoms with Crippen LogP contribution in [0.25, 0.3) is 0 Å². The molecule has 0 saturated carbocycles. The molecule has 1 aliphatic heterocycles. The van der Waals surface area contributed by atoms with Gasteiger partial charge in [-0.05, 0) is 19.8 Å². The predicted octanol–water partition coefficient (Wildman–Crippen LogP) is 1.60. The third-order valence-corrected chi connectivity index (χ3v) is 3.42. The smallest absolute Gasteiger partial charge is 0.307 e. The molecule has 1 fully saturated rings. The summed E-state index contributed by atoms with van der Waals surface area (Å²) in [6.07, 6.45) is 0.512. The summed E-state index contributed by atoms with van der Waals surface area (Å²) in [5.41, 5.74) is 0. The van der Waals surface area contributed by atoms with Crippen LogP contribution in [0.4, 0.5) is 0 Å². The van der Waals surface area contributed by atoms with Crippen molar-refractivity contribution in [1.82, 2.24) is 9.80 Å². The number of hydrogen-bond acceptors (Lipinski definition) is 4. The number of carbonyl (C=O) groups is 1. The summed E-state index contributed by atoms with van der Waals surface area (Å²) in [5, 5.41) is 0. The van der Waals surface area contributed by atoms with Crippen LogP contribution in [0.3, 0.4) is 0 Å². The van der Waals surface area contributed by atoms with Gasteiger partial charge in [0.05, 0.1) is 13.0 Å². The molecule has 0 amide bonds. The van der Waals surface area contributed by atoms with Crippen molar-refractivity contribution in [2.24, 2.45) is 5.92 Å². The lowest BCUT2D eigenvalue weighted by molar-refractivity contribution is -0.144. The van der Waals surface area contributed by atoms with Gasteiger partial charge >= 0.3 is 5.97 Å². The molecule has 1 atom stereocenters. The van der Waals surface area contributed by atoms with E-state index in [4.69, 9.17) is 4.74 Å². The molecule has 1 aliphatic rings. The van der Waals surface area contributed by atoms with E-state index in [0.29, 0.717) is 19.1 Å². The molecule has 1 saturated heterocycles. The summed E-state index contributed by atoms with van der Waals surface area (Å²) in [6, 6.07) is 0.297. The maximum absolute atomic E-state index is 11.4. The van der Waals surface area contributed by atoms with E-state index in [2.05, 4.69) is 30.6 Å². The third-order valence-electron chi connectivity index (χ3n) is 3.42. The van der Waals surface area contributed by atoms with Gasteiger partial charge in [-0.2, -0.15) is 0 Å². The van der Waals surface area contributed by atoms with Gasteiger partial charge in [0.15, 0.2) is 0 Å². The number of piperazine rings is 1. The van der Waals surface area contributed by atoms with E-state index in [1.54, 1.807) is 0 Å². The average Bonchev–Trinajstić information content (AvgIpc) is 2.29. The minimum Gasteiger partial charge on any atom is -0.466 e. The van der Waals surface area contributed by atoms with E-state index in [9.17, 15) is 4.79 Å². The molecule has 4 nitrogen and oxygen atoms in total. The molecular formula is C14H28N2O2. The Morgan fingerprint density at radius 2 is 1.78 bits per heavy atom. The monoisotopic (exact) mass is 256 g/mol. The fraction of sp³-hybridized carbons (Fsp3) is 0.929. The van der Waals surface area contributed by atoms with Crippen LogP contribution in [-0.4, -0.2) is 61.1 Å². The largest absolute Gasteiger partial charge is 0.466 e. The van der Waals surface area contributed by atoms with Crippen LogP contribution in [0.2, 0.25) is 0 Å². The summed E-state index contributed by atoms with van der Waals surface area (Å²) < 4.78 is 5.00. The normalized spacial score (nSPS) is 20.1. The fourth-order valence-corrected chi connectivity index (χ4v) is 2.49. The standard InChI is InChI=1S/C14H28N2O2/c1-5-18-14(17)10-13(4)16-8-6-15(7-9-16)11-12(2)3/h12-13H,5-11H2,1-4H3. The first kappa shape index (κ1) is 15.4. The van der Waals surface area contributed by atoms with Gasteiger partial charge in [0, 0.05) is 38.8 Å². The molecule has 4 heteroatoms. The minimum atomic E-state index is -0.0744. The highest BCUT2D eigenvalue weighted by Crippen LogP contribution is 2.11. The molecule has 0 aromatic heterocycles. The summed E-state index contributed by atoms with van der Waals surface area (Å²) in [4.78, 5) is 16.4. The molecule has 0 aromatic carbocycles. The zero-order valence-corrected chi connectivity index (χ0v) is 12.3. The van der Waals surface area contributed by atoms with Crippen LogP contribution >= 0.6 is 0 Å². The first-order valence-corrected chi connectivity index (χ1v) is 7.15. The van der Waals surface area contributed by atoms with Crippen molar-refractivity contribution in [3.8, 4) is 0 Å². The predicted molar refractivity (Wildman–Crippen MR) is 73.6 cm³/mol. The molecule has 18 heavy (non-hydrogen) atoms. The summed E-state index contributed by atoms with van der Waals surface area (Å²) in [6.45, 7) is 14.5. The Kier molecular flexibility index (Phi) is 6.65. The summed E-state index contributed by atoms with van der Waals surface area (Å²) in [5.74, 6) is 0.656. The average molecular weight is 256 g/mol. The van der Waals surface area contributed by atoms with Crippen molar-refractivity contribution in [3.05, 3.63) is 0 Å². The molecule has 0 bridgehead atoms. The highest BCUT2D eigenvalue weighted by Gasteiger charge is 2.23. The van der Waals surface area contributed by atoms with Crippen molar-refractivity contribution in [1.29, 1.82) is 0 Å². The van der Waals surface area contributed by atoms with Gasteiger partial charge in [0.1, 0.15) is 0 Å². The summed E-state index contributed by atoms with van der Waals surface area (Å²) >= 11 is 0. The van der Waals surface area contributed by atoms with Crippen LogP contribution < -0.4 is 0 Å². The Bertz CT molecular complexity index is 248. The zero-order chi connectivity index (χ0) is 13.5. The van der Waals surface area contributed by atoms with Gasteiger partial charge in [-0.3, -0.25) is 9.69 Å². The number of esters is 1. The second kappa shape index (κ2) is 7.74. The minimum absolute atomic E-state index is 0.0744. The van der Waals surface area contributed by atoms with Crippen molar-refractivity contribution < 1.29 is 9.53 Å². The van der Waals surface area contributed by atoms with Crippen LogP contribution in [0.1, 0.15) is 34.1 Å². The lowest BCUT2D eigenvalue weighted by atomic mass is 10.1. The second-order valence-corrected chi connectivity index (χ2v) is 5.59. The molecule has 0 radical (unpaired) electrons. The van der Waals surface area contributed by atoms with Crippen molar-refractivity contribution in [3.63, 3.8) is 0 Å². The van der Waals surface area contributed by atoms with Gasteiger partial charge in [-0.1, -0.05) is 13.8 Å². The maximum Gasteiger partial charge on any atom is 0.307 e. The SMILES string of the molecule is CCOC(=O)CC(C)N1CCN(CC(C)C)CC1. The molecule has 0 aromatic rings. The van der Waals surface area contributed by atoms with Gasteiger partial charge in [0.25, 0.3) is 0 Å². The number of nitrogens with zero attached hydrogens (tertiary/aromatic N) is 2. The Morgan fingerprint density at radius 3 is 2.28 bits per heavy atom. The van der Waals surface area contributed by atoms with Gasteiger partial charge in [-0.15, -0.1) is 0 Å². The molecule has 0 N–H and O–H groups in total. The van der Waals surface area contributed by atoms with Gasteiger partial charge in [-0.25, -0.2) is 0 Å². The topological polar surface area (TPSA) is 32.8 Å². The first-order valence-electron chi connectivity index (χ1n) is 7.15. The maximum atomic E-state index is 11.4. The number of carbonyl (C=O) groups excluding carboxylic acids is 1. The lowest BCUT2D eigenvalue weighted by Crippen LogP contribution is -2.50. The molecule has 1 unspecified atom stereocenters. The van der Waals surface area contributed by atoms with E-state index < -0.39 is 0 Å². The van der Waals surface area contributed by atoms with Gasteiger partial charge in [0.2, 0.25) is 0 Å². The molecule has 0 aliphatic carbocycles. The van der Waals surface area contributed by atoms with Crippen LogP contribution in [0.15, 0.2) is 0 Å². The van der Waals surface area contributed by atoms with Crippen LogP contribution in [-0.2, 0) is 9.53 Å². The molecule has 106 valence electrons. The zero-order valence-electron chi connectivity index (χ0n) is 12.3. The highest BCUT2D eigenvalue weighted by atomic mass is 16.5. The first-order chi connectivity index (χ1) is 8.52. The number of rotatable bonds is 6. The van der Waals surface area contributed by atoms with Crippen LogP contribution in [0.5, 0.6) is 0 Å². The number of ether oxygens (including phenoxy) is 1. The van der Waals surface area contributed by atoms with Crippen LogP contribution in [0, 0.1) is 5.92 Å². The van der Waals surface area contributed by atoms with E-state index in [1.807, 2.05) is 6.92 Å². The Labute approximate surface area is 111 Å².